The lowest BCUT2D eigenvalue weighted by Crippen LogP contribution is -2.57. The van der Waals surface area contributed by atoms with Crippen molar-refractivity contribution in [2.75, 3.05) is 25.9 Å². The number of sulfone groups is 1. The summed E-state index contributed by atoms with van der Waals surface area (Å²) >= 11 is 0. The third-order valence-electron chi connectivity index (χ3n) is 5.39. The lowest BCUT2D eigenvalue weighted by atomic mass is 10.2. The number of rotatable bonds is 4. The van der Waals surface area contributed by atoms with Gasteiger partial charge in [0, 0.05) is 38.9 Å². The van der Waals surface area contributed by atoms with Crippen LogP contribution in [0.1, 0.15) is 45.1 Å². The molecule has 2 aliphatic rings. The van der Waals surface area contributed by atoms with Gasteiger partial charge in [0.2, 0.25) is 5.88 Å². The van der Waals surface area contributed by atoms with Gasteiger partial charge in [0.05, 0.1) is 10.5 Å². The number of guanidine groups is 1. The molecule has 1 aromatic heterocycles. The highest BCUT2D eigenvalue weighted by Gasteiger charge is 2.40. The zero-order chi connectivity index (χ0) is 19.5. The Labute approximate surface area is 162 Å². The van der Waals surface area contributed by atoms with Crippen LogP contribution in [-0.2, 0) is 16.4 Å². The van der Waals surface area contributed by atoms with Crippen molar-refractivity contribution in [2.45, 2.75) is 56.9 Å². The van der Waals surface area contributed by atoms with Gasteiger partial charge in [-0.25, -0.2) is 13.4 Å². The van der Waals surface area contributed by atoms with Gasteiger partial charge in [-0.1, -0.05) is 0 Å². The molecule has 2 fully saturated rings. The predicted molar refractivity (Wildman–Crippen MR) is 107 cm³/mol. The lowest BCUT2D eigenvalue weighted by Gasteiger charge is -2.39. The van der Waals surface area contributed by atoms with Crippen molar-refractivity contribution in [3.63, 3.8) is 0 Å². The van der Waals surface area contributed by atoms with Gasteiger partial charge in [0.25, 0.3) is 0 Å². The van der Waals surface area contributed by atoms with Gasteiger partial charge in [0.1, 0.15) is 6.10 Å². The molecule has 8 heteroatoms. The third kappa shape index (κ3) is 4.72. The third-order valence-corrected chi connectivity index (χ3v) is 7.93. The molecule has 0 bridgehead atoms. The van der Waals surface area contributed by atoms with Crippen molar-refractivity contribution in [1.29, 1.82) is 0 Å². The molecule has 0 atom stereocenters. The van der Waals surface area contributed by atoms with Crippen LogP contribution in [0.5, 0.6) is 5.88 Å². The smallest absolute Gasteiger partial charge is 0.213 e. The number of aliphatic imine (C=N–C) groups is 1. The van der Waals surface area contributed by atoms with Crippen LogP contribution in [0.25, 0.3) is 0 Å². The summed E-state index contributed by atoms with van der Waals surface area (Å²) in [6, 6.07) is 3.91. The molecule has 27 heavy (non-hydrogen) atoms. The first-order chi connectivity index (χ1) is 12.8. The Morgan fingerprint density at radius 2 is 2.15 bits per heavy atom. The second-order valence-electron chi connectivity index (χ2n) is 7.93. The van der Waals surface area contributed by atoms with Crippen LogP contribution in [0.3, 0.4) is 0 Å². The number of hydrogen-bond donors (Lipinski definition) is 1. The first-order valence-electron chi connectivity index (χ1n) is 9.60. The standard InChI is InChI=1S/C19H30N4O3S/c1-19(2)14-23(10-11-27(19,24)25)18(20-3)22-13-15-8-9-21-17(12-15)26-16-6-4-5-7-16/h8-9,12,16H,4-7,10-11,13-14H2,1-3H3,(H,20,22). The van der Waals surface area contributed by atoms with Crippen LogP contribution in [0.4, 0.5) is 0 Å². The van der Waals surface area contributed by atoms with E-state index < -0.39 is 14.6 Å². The first-order valence-corrected chi connectivity index (χ1v) is 11.3. The van der Waals surface area contributed by atoms with E-state index in [-0.39, 0.29) is 11.9 Å². The van der Waals surface area contributed by atoms with Crippen molar-refractivity contribution < 1.29 is 13.2 Å². The number of aromatic nitrogens is 1. The molecule has 0 radical (unpaired) electrons. The Kier molecular flexibility index (Phi) is 5.93. The molecule has 7 nitrogen and oxygen atoms in total. The van der Waals surface area contributed by atoms with Crippen LogP contribution in [0.2, 0.25) is 0 Å². The predicted octanol–water partition coefficient (Wildman–Crippen LogP) is 1.99. The van der Waals surface area contributed by atoms with E-state index in [1.807, 2.05) is 17.0 Å². The lowest BCUT2D eigenvalue weighted by molar-refractivity contribution is 0.201. The monoisotopic (exact) mass is 394 g/mol. The SMILES string of the molecule is CN=C(NCc1ccnc(OC2CCCC2)c1)N1CCS(=O)(=O)C(C)(C)C1. The minimum absolute atomic E-state index is 0.148. The molecule has 150 valence electrons. The number of nitrogens with one attached hydrogen (secondary N) is 1. The molecular weight excluding hydrogens is 364 g/mol. The topological polar surface area (TPSA) is 83.9 Å². The van der Waals surface area contributed by atoms with E-state index in [0.717, 1.165) is 18.4 Å². The summed E-state index contributed by atoms with van der Waals surface area (Å²) in [7, 11) is -1.35. The Morgan fingerprint density at radius 1 is 1.41 bits per heavy atom. The normalized spacial score (nSPS) is 22.6. The number of ether oxygens (including phenoxy) is 1. The molecule has 1 saturated carbocycles. The molecule has 3 rings (SSSR count). The van der Waals surface area contributed by atoms with Crippen molar-refractivity contribution in [1.82, 2.24) is 15.2 Å². The fourth-order valence-corrected chi connectivity index (χ4v) is 5.01. The van der Waals surface area contributed by atoms with E-state index >= 15 is 0 Å². The molecule has 1 N–H and O–H groups in total. The van der Waals surface area contributed by atoms with E-state index in [9.17, 15) is 8.42 Å². The Hall–Kier alpha value is -1.83. The van der Waals surface area contributed by atoms with Crippen molar-refractivity contribution in [3.05, 3.63) is 23.9 Å². The zero-order valence-electron chi connectivity index (χ0n) is 16.4. The van der Waals surface area contributed by atoms with E-state index in [4.69, 9.17) is 4.74 Å². The summed E-state index contributed by atoms with van der Waals surface area (Å²) in [5.74, 6) is 1.53. The largest absolute Gasteiger partial charge is 0.474 e. The van der Waals surface area contributed by atoms with E-state index in [1.54, 1.807) is 27.1 Å². The quantitative estimate of drug-likeness (QED) is 0.621. The van der Waals surface area contributed by atoms with Gasteiger partial charge >= 0.3 is 0 Å². The molecule has 1 aromatic rings. The van der Waals surface area contributed by atoms with E-state index in [0.29, 0.717) is 31.5 Å². The summed E-state index contributed by atoms with van der Waals surface area (Å²) < 4.78 is 29.6. The molecule has 0 unspecified atom stereocenters. The second-order valence-corrected chi connectivity index (χ2v) is 10.7. The number of pyridine rings is 1. The molecule has 0 spiro atoms. The van der Waals surface area contributed by atoms with Gasteiger partial charge in [-0.3, -0.25) is 4.99 Å². The molecule has 0 aromatic carbocycles. The minimum Gasteiger partial charge on any atom is -0.474 e. The summed E-state index contributed by atoms with van der Waals surface area (Å²) in [5, 5.41) is 3.34. The maximum Gasteiger partial charge on any atom is 0.213 e. The maximum absolute atomic E-state index is 12.2. The highest BCUT2D eigenvalue weighted by Crippen LogP contribution is 2.24. The Bertz CT molecular complexity index is 786. The zero-order valence-corrected chi connectivity index (χ0v) is 17.3. The summed E-state index contributed by atoms with van der Waals surface area (Å²) in [6.45, 7) is 5.02. The van der Waals surface area contributed by atoms with Crippen LogP contribution in [0.15, 0.2) is 23.3 Å². The Morgan fingerprint density at radius 3 is 2.81 bits per heavy atom. The van der Waals surface area contributed by atoms with Crippen molar-refractivity contribution in [3.8, 4) is 5.88 Å². The van der Waals surface area contributed by atoms with Gasteiger partial charge in [-0.05, 0) is 51.2 Å². The van der Waals surface area contributed by atoms with E-state index in [1.165, 1.54) is 12.8 Å². The molecule has 2 heterocycles. The molecule has 1 aliphatic heterocycles. The fraction of sp³-hybridized carbons (Fsp3) is 0.684. The molecule has 1 aliphatic carbocycles. The number of hydrogen-bond acceptors (Lipinski definition) is 5. The highest BCUT2D eigenvalue weighted by atomic mass is 32.2. The molecular formula is C19H30N4O3S. The van der Waals surface area contributed by atoms with Crippen molar-refractivity contribution in [2.24, 2.45) is 4.99 Å². The van der Waals surface area contributed by atoms with Gasteiger partial charge < -0.3 is 15.0 Å². The van der Waals surface area contributed by atoms with Crippen molar-refractivity contribution >= 4 is 15.8 Å². The maximum atomic E-state index is 12.2. The van der Waals surface area contributed by atoms with Crippen LogP contribution in [-0.4, -0.2) is 61.0 Å². The van der Waals surface area contributed by atoms with Crippen LogP contribution in [0, 0.1) is 0 Å². The molecule has 0 amide bonds. The second kappa shape index (κ2) is 8.04. The first kappa shape index (κ1) is 19.9. The Balaban J connectivity index is 1.60. The average Bonchev–Trinajstić information content (AvgIpc) is 3.12. The fourth-order valence-electron chi connectivity index (χ4n) is 3.64. The highest BCUT2D eigenvalue weighted by molar-refractivity contribution is 7.92. The minimum atomic E-state index is -3.07. The van der Waals surface area contributed by atoms with Gasteiger partial charge in [0.15, 0.2) is 15.8 Å². The molecule has 1 saturated heterocycles. The van der Waals surface area contributed by atoms with Gasteiger partial charge in [-0.2, -0.15) is 0 Å². The number of nitrogens with zero attached hydrogens (tertiary/aromatic N) is 3. The van der Waals surface area contributed by atoms with E-state index in [2.05, 4.69) is 15.3 Å². The van der Waals surface area contributed by atoms with Gasteiger partial charge in [-0.15, -0.1) is 0 Å². The average molecular weight is 395 g/mol. The summed E-state index contributed by atoms with van der Waals surface area (Å²) in [4.78, 5) is 10.7. The summed E-state index contributed by atoms with van der Waals surface area (Å²) in [5.41, 5.74) is 1.06. The van der Waals surface area contributed by atoms with Crippen LogP contribution >= 0.6 is 0 Å². The van der Waals surface area contributed by atoms with Crippen LogP contribution < -0.4 is 10.1 Å². The summed E-state index contributed by atoms with van der Waals surface area (Å²) in [6.07, 6.45) is 6.70.